The lowest BCUT2D eigenvalue weighted by Gasteiger charge is -2.21. The fraction of sp³-hybridized carbons (Fsp3) is 0.348. The number of nitrogens with zero attached hydrogens (tertiary/aromatic N) is 2. The molecule has 33 heavy (non-hydrogen) atoms. The number of anilines is 2. The number of hydrogen-bond donors (Lipinski definition) is 2. The van der Waals surface area contributed by atoms with E-state index in [1.54, 1.807) is 25.1 Å². The number of amides is 1. The molecular formula is C23H22F2N4O4. The van der Waals surface area contributed by atoms with E-state index < -0.39 is 18.4 Å². The third-order valence-electron chi connectivity index (χ3n) is 5.98. The smallest absolute Gasteiger partial charge is 0.266 e. The van der Waals surface area contributed by atoms with Crippen LogP contribution in [0, 0.1) is 6.92 Å². The average Bonchev–Trinajstić information content (AvgIpc) is 3.37. The van der Waals surface area contributed by atoms with Gasteiger partial charge in [-0.2, -0.15) is 0 Å². The van der Waals surface area contributed by atoms with Gasteiger partial charge in [-0.15, -0.1) is 0 Å². The minimum absolute atomic E-state index is 0.107. The van der Waals surface area contributed by atoms with E-state index in [0.29, 0.717) is 34.6 Å². The van der Waals surface area contributed by atoms with E-state index in [9.17, 15) is 18.4 Å². The van der Waals surface area contributed by atoms with E-state index in [0.717, 1.165) is 11.1 Å². The van der Waals surface area contributed by atoms with Gasteiger partial charge in [-0.3, -0.25) is 9.59 Å². The Morgan fingerprint density at radius 3 is 2.82 bits per heavy atom. The molecule has 0 radical (unpaired) electrons. The lowest BCUT2D eigenvalue weighted by atomic mass is 10.1. The molecule has 10 heteroatoms. The van der Waals surface area contributed by atoms with Crippen molar-refractivity contribution >= 4 is 28.3 Å². The van der Waals surface area contributed by atoms with Gasteiger partial charge in [-0.25, -0.2) is 13.8 Å². The number of alkyl halides is 2. The van der Waals surface area contributed by atoms with Gasteiger partial charge in [-0.1, -0.05) is 0 Å². The van der Waals surface area contributed by atoms with Crippen LogP contribution in [0.4, 0.5) is 20.3 Å². The van der Waals surface area contributed by atoms with Crippen molar-refractivity contribution in [1.29, 1.82) is 0 Å². The van der Waals surface area contributed by atoms with Gasteiger partial charge in [-0.05, 0) is 24.6 Å². The van der Waals surface area contributed by atoms with Gasteiger partial charge < -0.3 is 24.7 Å². The number of ether oxygens (including phenoxy) is 2. The number of carbonyl (C=O) groups excluding carboxylic acids is 1. The van der Waals surface area contributed by atoms with E-state index in [-0.39, 0.29) is 36.5 Å². The molecule has 0 aliphatic carbocycles. The van der Waals surface area contributed by atoms with Crippen LogP contribution in [0.3, 0.4) is 0 Å². The zero-order valence-electron chi connectivity index (χ0n) is 18.1. The molecule has 0 atom stereocenters. The molecule has 172 valence electrons. The summed E-state index contributed by atoms with van der Waals surface area (Å²) >= 11 is 0. The third kappa shape index (κ3) is 3.91. The number of H-pyrrole nitrogens is 1. The second-order valence-electron chi connectivity index (χ2n) is 8.36. The van der Waals surface area contributed by atoms with Gasteiger partial charge >= 0.3 is 0 Å². The maximum Gasteiger partial charge on any atom is 0.266 e. The number of carbonyl (C=O) groups is 1. The second-order valence-corrected chi connectivity index (χ2v) is 8.36. The van der Waals surface area contributed by atoms with Crippen molar-refractivity contribution in [3.05, 3.63) is 57.0 Å². The van der Waals surface area contributed by atoms with Gasteiger partial charge in [0.25, 0.3) is 11.8 Å². The second kappa shape index (κ2) is 7.80. The van der Waals surface area contributed by atoms with Crippen molar-refractivity contribution < 1.29 is 23.0 Å². The van der Waals surface area contributed by atoms with Crippen LogP contribution in [0.15, 0.2) is 29.1 Å². The van der Waals surface area contributed by atoms with E-state index in [1.807, 2.05) is 0 Å². The Morgan fingerprint density at radius 2 is 2.09 bits per heavy atom. The molecule has 3 aromatic rings. The number of aromatic amines is 1. The first-order valence-corrected chi connectivity index (χ1v) is 10.5. The summed E-state index contributed by atoms with van der Waals surface area (Å²) in [6.07, 6.45) is -0.289. The maximum absolute atomic E-state index is 13.9. The number of rotatable bonds is 4. The Balaban J connectivity index is 1.54. The Bertz CT molecular complexity index is 1340. The van der Waals surface area contributed by atoms with Crippen LogP contribution in [0.5, 0.6) is 5.75 Å². The quantitative estimate of drug-likeness (QED) is 0.625. The predicted octanol–water partition coefficient (Wildman–Crippen LogP) is 3.37. The molecular weight excluding hydrogens is 434 g/mol. The highest BCUT2D eigenvalue weighted by Gasteiger charge is 2.40. The van der Waals surface area contributed by atoms with Crippen molar-refractivity contribution in [2.45, 2.75) is 32.5 Å². The van der Waals surface area contributed by atoms with E-state index in [2.05, 4.69) is 15.3 Å². The SMILES string of the molecule is COc1cc(NC(=O)c2cc3c(nc2N2CCC(F)(F)C2)COC3)cc2c(C)cc(=O)[nH]c12. The molecule has 1 aromatic carbocycles. The number of aromatic nitrogens is 2. The Morgan fingerprint density at radius 1 is 1.27 bits per heavy atom. The summed E-state index contributed by atoms with van der Waals surface area (Å²) in [5.74, 6) is -2.69. The zero-order valence-corrected chi connectivity index (χ0v) is 18.1. The number of fused-ring (bicyclic) bond motifs is 2. The fourth-order valence-electron chi connectivity index (χ4n) is 4.34. The first kappa shape index (κ1) is 21.3. The normalized spacial score (nSPS) is 16.8. The van der Waals surface area contributed by atoms with Crippen molar-refractivity contribution in [1.82, 2.24) is 9.97 Å². The van der Waals surface area contributed by atoms with Crippen molar-refractivity contribution in [2.75, 3.05) is 30.4 Å². The Labute approximate surface area is 187 Å². The lowest BCUT2D eigenvalue weighted by molar-refractivity contribution is 0.0256. The topological polar surface area (TPSA) is 96.5 Å². The molecule has 0 unspecified atom stereocenters. The summed E-state index contributed by atoms with van der Waals surface area (Å²) in [6, 6.07) is 6.46. The molecule has 1 fully saturated rings. The number of aryl methyl sites for hydroxylation is 1. The minimum atomic E-state index is -2.83. The van der Waals surface area contributed by atoms with Crippen LogP contribution in [0.1, 0.15) is 33.6 Å². The number of hydrogen-bond acceptors (Lipinski definition) is 6. The van der Waals surface area contributed by atoms with Crippen LogP contribution in [-0.4, -0.2) is 42.0 Å². The van der Waals surface area contributed by atoms with Crippen LogP contribution in [-0.2, 0) is 18.0 Å². The lowest BCUT2D eigenvalue weighted by Crippen LogP contribution is -2.28. The monoisotopic (exact) mass is 456 g/mol. The minimum Gasteiger partial charge on any atom is -0.494 e. The Hall–Kier alpha value is -3.53. The number of nitrogens with one attached hydrogen (secondary N) is 2. The van der Waals surface area contributed by atoms with E-state index >= 15 is 0 Å². The molecule has 4 heterocycles. The molecule has 2 N–H and O–H groups in total. The third-order valence-corrected chi connectivity index (χ3v) is 5.98. The number of benzene rings is 1. The molecule has 5 rings (SSSR count). The number of halogens is 2. The van der Waals surface area contributed by atoms with Crippen molar-refractivity contribution in [3.8, 4) is 5.75 Å². The van der Waals surface area contributed by atoms with Crippen LogP contribution >= 0.6 is 0 Å². The maximum atomic E-state index is 13.9. The molecule has 0 bridgehead atoms. The van der Waals surface area contributed by atoms with E-state index in [4.69, 9.17) is 9.47 Å². The molecule has 1 saturated heterocycles. The predicted molar refractivity (Wildman–Crippen MR) is 118 cm³/mol. The first-order valence-electron chi connectivity index (χ1n) is 10.5. The summed E-state index contributed by atoms with van der Waals surface area (Å²) in [6.45, 7) is 2.01. The highest BCUT2D eigenvalue weighted by atomic mass is 19.3. The molecule has 2 aliphatic rings. The summed E-state index contributed by atoms with van der Waals surface area (Å²) < 4.78 is 38.6. The van der Waals surface area contributed by atoms with Crippen LogP contribution < -0.4 is 20.5 Å². The van der Waals surface area contributed by atoms with Gasteiger partial charge in [0.15, 0.2) is 0 Å². The number of methoxy groups -OCH3 is 1. The summed E-state index contributed by atoms with van der Waals surface area (Å²) in [5.41, 5.74) is 3.05. The van der Waals surface area contributed by atoms with Crippen molar-refractivity contribution in [2.24, 2.45) is 0 Å². The van der Waals surface area contributed by atoms with Crippen molar-refractivity contribution in [3.63, 3.8) is 0 Å². The van der Waals surface area contributed by atoms with Gasteiger partial charge in [0.1, 0.15) is 11.6 Å². The first-order chi connectivity index (χ1) is 15.7. The molecule has 2 aromatic heterocycles. The summed E-state index contributed by atoms with van der Waals surface area (Å²) in [7, 11) is 1.47. The zero-order chi connectivity index (χ0) is 23.3. The molecule has 8 nitrogen and oxygen atoms in total. The van der Waals surface area contributed by atoms with Crippen LogP contribution in [0.25, 0.3) is 10.9 Å². The summed E-state index contributed by atoms with van der Waals surface area (Å²) in [5, 5.41) is 3.55. The van der Waals surface area contributed by atoms with Gasteiger partial charge in [0, 0.05) is 41.7 Å². The average molecular weight is 456 g/mol. The van der Waals surface area contributed by atoms with Crippen LogP contribution in [0.2, 0.25) is 0 Å². The highest BCUT2D eigenvalue weighted by molar-refractivity contribution is 6.09. The Kier molecular flexibility index (Phi) is 5.04. The molecule has 1 amide bonds. The fourth-order valence-corrected chi connectivity index (χ4v) is 4.34. The molecule has 2 aliphatic heterocycles. The number of pyridine rings is 2. The molecule has 0 spiro atoms. The van der Waals surface area contributed by atoms with E-state index in [1.165, 1.54) is 18.1 Å². The highest BCUT2D eigenvalue weighted by Crippen LogP contribution is 2.35. The largest absolute Gasteiger partial charge is 0.494 e. The molecule has 0 saturated carbocycles. The standard InChI is InChI=1S/C23H22F2N4O4/c1-12-5-19(30)28-20-15(12)7-14(8-18(20)32-2)26-22(31)16-6-13-9-33-10-17(13)27-21(16)29-4-3-23(24,25)11-29/h5-8H,3-4,9-11H2,1-2H3,(H,26,31)(H,28,30). The van der Waals surface area contributed by atoms with Gasteiger partial charge in [0.05, 0.1) is 43.6 Å². The van der Waals surface area contributed by atoms with Gasteiger partial charge in [0.2, 0.25) is 5.56 Å². The summed E-state index contributed by atoms with van der Waals surface area (Å²) in [4.78, 5) is 33.9.